The summed E-state index contributed by atoms with van der Waals surface area (Å²) in [7, 11) is 0. The topological polar surface area (TPSA) is 26.0 Å². The van der Waals surface area contributed by atoms with E-state index in [1.165, 1.54) is 0 Å². The van der Waals surface area contributed by atoms with E-state index in [1.54, 1.807) is 12.1 Å². The molecule has 11 heavy (non-hydrogen) atoms. The minimum absolute atomic E-state index is 0.220. The Morgan fingerprint density at radius 3 is 2.64 bits per heavy atom. The fourth-order valence-corrected chi connectivity index (χ4v) is 1.73. The van der Waals surface area contributed by atoms with Crippen molar-refractivity contribution in [3.8, 4) is 0 Å². The first kappa shape index (κ1) is 9.41. The molecule has 1 aromatic rings. The highest BCUT2D eigenvalue weighted by Crippen LogP contribution is 2.23. The van der Waals surface area contributed by atoms with Gasteiger partial charge in [-0.25, -0.2) is 4.39 Å². The Kier molecular flexibility index (Phi) is 3.27. The average molecular weight is 330 g/mol. The maximum Gasteiger partial charge on any atom is 0.142 e. The van der Waals surface area contributed by atoms with E-state index in [9.17, 15) is 4.39 Å². The molecule has 0 aromatic heterocycles. The van der Waals surface area contributed by atoms with E-state index >= 15 is 0 Å². The molecule has 0 atom stereocenters. The van der Waals surface area contributed by atoms with Crippen molar-refractivity contribution < 1.29 is 4.39 Å². The van der Waals surface area contributed by atoms with Crippen LogP contribution in [0.2, 0.25) is 0 Å². The van der Waals surface area contributed by atoms with Crippen LogP contribution in [-0.4, -0.2) is 0 Å². The van der Waals surface area contributed by atoms with Crippen molar-refractivity contribution in [3.63, 3.8) is 0 Å². The summed E-state index contributed by atoms with van der Waals surface area (Å²) < 4.78 is 14.5. The van der Waals surface area contributed by atoms with Gasteiger partial charge in [0, 0.05) is 20.2 Å². The van der Waals surface area contributed by atoms with E-state index < -0.39 is 0 Å². The zero-order valence-electron chi connectivity index (χ0n) is 5.57. The monoisotopic (exact) mass is 329 g/mol. The van der Waals surface area contributed by atoms with E-state index in [-0.39, 0.29) is 12.4 Å². The van der Waals surface area contributed by atoms with Crippen LogP contribution in [-0.2, 0) is 6.54 Å². The maximum atomic E-state index is 13.1. The molecule has 0 aliphatic rings. The number of benzene rings is 1. The number of nitrogens with two attached hydrogens (primary N) is 1. The highest BCUT2D eigenvalue weighted by atomic mass is 127. The molecule has 1 aromatic carbocycles. The first-order valence-electron chi connectivity index (χ1n) is 2.99. The minimum atomic E-state index is -0.220. The van der Waals surface area contributed by atoms with Crippen LogP contribution in [0.25, 0.3) is 0 Å². The summed E-state index contributed by atoms with van der Waals surface area (Å²) in [4.78, 5) is 0. The van der Waals surface area contributed by atoms with E-state index in [2.05, 4.69) is 15.9 Å². The minimum Gasteiger partial charge on any atom is -0.326 e. The van der Waals surface area contributed by atoms with Crippen molar-refractivity contribution >= 4 is 38.5 Å². The van der Waals surface area contributed by atoms with Gasteiger partial charge in [0.2, 0.25) is 0 Å². The molecule has 0 saturated heterocycles. The summed E-state index contributed by atoms with van der Waals surface area (Å²) in [5.74, 6) is -0.220. The van der Waals surface area contributed by atoms with Crippen LogP contribution in [0.15, 0.2) is 16.6 Å². The molecule has 2 N–H and O–H groups in total. The predicted molar refractivity (Wildman–Crippen MR) is 54.7 cm³/mol. The van der Waals surface area contributed by atoms with Gasteiger partial charge >= 0.3 is 0 Å². The quantitative estimate of drug-likeness (QED) is 0.622. The molecule has 0 aliphatic heterocycles. The van der Waals surface area contributed by atoms with Crippen molar-refractivity contribution in [3.05, 3.63) is 31.6 Å². The molecule has 0 radical (unpaired) electrons. The molecule has 0 saturated carbocycles. The summed E-state index contributed by atoms with van der Waals surface area (Å²) >= 11 is 5.16. The highest BCUT2D eigenvalue weighted by molar-refractivity contribution is 14.1. The molecule has 0 amide bonds. The average Bonchev–Trinajstić information content (AvgIpc) is 1.99. The van der Waals surface area contributed by atoms with Crippen LogP contribution >= 0.6 is 38.5 Å². The fourth-order valence-electron chi connectivity index (χ4n) is 0.756. The fraction of sp³-hybridized carbons (Fsp3) is 0.143. The third-order valence-electron chi connectivity index (χ3n) is 1.34. The maximum absolute atomic E-state index is 13.1. The Balaban J connectivity index is 3.29. The van der Waals surface area contributed by atoms with Crippen LogP contribution in [0.1, 0.15) is 5.56 Å². The SMILES string of the molecule is NCc1c(Br)ccc(I)c1F. The van der Waals surface area contributed by atoms with Gasteiger partial charge in [-0.3, -0.25) is 0 Å². The van der Waals surface area contributed by atoms with E-state index in [4.69, 9.17) is 5.73 Å². The van der Waals surface area contributed by atoms with Gasteiger partial charge in [-0.15, -0.1) is 0 Å². The molecule has 60 valence electrons. The molecule has 0 fully saturated rings. The van der Waals surface area contributed by atoms with Gasteiger partial charge in [-0.2, -0.15) is 0 Å². The summed E-state index contributed by atoms with van der Waals surface area (Å²) in [5, 5.41) is 0. The van der Waals surface area contributed by atoms with Crippen molar-refractivity contribution in [1.29, 1.82) is 0 Å². The molecule has 4 heteroatoms. The third kappa shape index (κ3) is 1.91. The Morgan fingerprint density at radius 2 is 2.18 bits per heavy atom. The van der Waals surface area contributed by atoms with Crippen molar-refractivity contribution in [2.75, 3.05) is 0 Å². The van der Waals surface area contributed by atoms with E-state index in [1.807, 2.05) is 22.6 Å². The second-order valence-electron chi connectivity index (χ2n) is 2.03. The molecule has 0 spiro atoms. The molecule has 0 unspecified atom stereocenters. The van der Waals surface area contributed by atoms with Crippen molar-refractivity contribution in [1.82, 2.24) is 0 Å². The summed E-state index contributed by atoms with van der Waals surface area (Å²) in [5.41, 5.74) is 5.89. The zero-order chi connectivity index (χ0) is 8.43. The van der Waals surface area contributed by atoms with Crippen molar-refractivity contribution in [2.45, 2.75) is 6.54 Å². The van der Waals surface area contributed by atoms with Crippen LogP contribution in [0.5, 0.6) is 0 Å². The lowest BCUT2D eigenvalue weighted by Crippen LogP contribution is -2.02. The third-order valence-corrected chi connectivity index (χ3v) is 2.92. The second-order valence-corrected chi connectivity index (χ2v) is 4.04. The lowest BCUT2D eigenvalue weighted by molar-refractivity contribution is 0.601. The Morgan fingerprint density at radius 1 is 1.55 bits per heavy atom. The van der Waals surface area contributed by atoms with Gasteiger partial charge in [0.05, 0.1) is 0 Å². The Labute approximate surface area is 86.4 Å². The van der Waals surface area contributed by atoms with E-state index in [0.29, 0.717) is 9.13 Å². The van der Waals surface area contributed by atoms with Crippen LogP contribution in [0.3, 0.4) is 0 Å². The smallest absolute Gasteiger partial charge is 0.142 e. The summed E-state index contributed by atoms with van der Waals surface area (Å²) in [6.45, 7) is 0.225. The first-order chi connectivity index (χ1) is 5.16. The molecule has 1 nitrogen and oxygen atoms in total. The van der Waals surface area contributed by atoms with E-state index in [0.717, 1.165) is 4.47 Å². The predicted octanol–water partition coefficient (Wildman–Crippen LogP) is 2.65. The Bertz CT molecular complexity index is 277. The number of hydrogen-bond acceptors (Lipinski definition) is 1. The normalized spacial score (nSPS) is 10.2. The van der Waals surface area contributed by atoms with Crippen LogP contribution in [0, 0.1) is 9.39 Å². The lowest BCUT2D eigenvalue weighted by atomic mass is 10.2. The summed E-state index contributed by atoms with van der Waals surface area (Å²) in [6, 6.07) is 3.51. The summed E-state index contributed by atoms with van der Waals surface area (Å²) in [6.07, 6.45) is 0. The van der Waals surface area contributed by atoms with Crippen LogP contribution in [0.4, 0.5) is 4.39 Å². The standard InChI is InChI=1S/C7H6BrFIN/c8-5-1-2-6(10)7(9)4(5)3-11/h1-2H,3,11H2. The van der Waals surface area contributed by atoms with Gasteiger partial charge in [0.25, 0.3) is 0 Å². The molecular formula is C7H6BrFIN. The van der Waals surface area contributed by atoms with Gasteiger partial charge < -0.3 is 5.73 Å². The number of rotatable bonds is 1. The molecular weight excluding hydrogens is 324 g/mol. The van der Waals surface area contributed by atoms with Gasteiger partial charge in [-0.1, -0.05) is 15.9 Å². The molecule has 0 aliphatic carbocycles. The van der Waals surface area contributed by atoms with Crippen LogP contribution < -0.4 is 5.73 Å². The largest absolute Gasteiger partial charge is 0.326 e. The molecule has 1 rings (SSSR count). The second kappa shape index (κ2) is 3.82. The first-order valence-corrected chi connectivity index (χ1v) is 4.86. The number of hydrogen-bond donors (Lipinski definition) is 1. The molecule has 0 bridgehead atoms. The zero-order valence-corrected chi connectivity index (χ0v) is 9.32. The lowest BCUT2D eigenvalue weighted by Gasteiger charge is -2.03. The van der Waals surface area contributed by atoms with Gasteiger partial charge in [0.1, 0.15) is 5.82 Å². The van der Waals surface area contributed by atoms with Gasteiger partial charge in [0.15, 0.2) is 0 Å². The number of halogens is 3. The van der Waals surface area contributed by atoms with Gasteiger partial charge in [-0.05, 0) is 34.7 Å². The Hall–Kier alpha value is 0.320. The highest BCUT2D eigenvalue weighted by Gasteiger charge is 2.07. The van der Waals surface area contributed by atoms with Crippen molar-refractivity contribution in [2.24, 2.45) is 5.73 Å². The molecule has 0 heterocycles.